The van der Waals surface area contributed by atoms with Crippen LogP contribution < -0.4 is 16.4 Å². The average molecular weight is 251 g/mol. The number of ether oxygens (including phenoxy) is 1. The minimum atomic E-state index is -0.371. The van der Waals surface area contributed by atoms with E-state index < -0.39 is 0 Å². The molecule has 0 saturated heterocycles. The van der Waals surface area contributed by atoms with E-state index in [4.69, 9.17) is 10.5 Å². The first-order chi connectivity index (χ1) is 8.61. The molecule has 0 unspecified atom stereocenters. The highest BCUT2D eigenvalue weighted by Gasteiger charge is 2.04. The third kappa shape index (κ3) is 5.20. The summed E-state index contributed by atoms with van der Waals surface area (Å²) in [7, 11) is 0. The van der Waals surface area contributed by atoms with Gasteiger partial charge in [-0.2, -0.15) is 0 Å². The molecule has 0 spiro atoms. The second-order valence-corrected chi connectivity index (χ2v) is 3.56. The number of nitrogens with two attached hydrogens (primary N) is 1. The van der Waals surface area contributed by atoms with Crippen LogP contribution in [0.25, 0.3) is 0 Å². The average Bonchev–Trinajstić information content (AvgIpc) is 2.32. The molecule has 2 amide bonds. The molecule has 0 fully saturated rings. The van der Waals surface area contributed by atoms with Crippen molar-refractivity contribution in [2.45, 2.75) is 13.3 Å². The number of esters is 1. The van der Waals surface area contributed by atoms with Crippen LogP contribution >= 0.6 is 0 Å². The van der Waals surface area contributed by atoms with E-state index in [1.807, 2.05) is 0 Å². The Morgan fingerprint density at radius 2 is 1.94 bits per heavy atom. The summed E-state index contributed by atoms with van der Waals surface area (Å²) in [6.07, 6.45) is 0.156. The number of benzene rings is 1. The second-order valence-electron chi connectivity index (χ2n) is 3.56. The standard InChI is InChI=1S/C12H17N3O3/c1-2-18-11(16)7-8-14-12(17)15-10-5-3-9(13)4-6-10/h3-6H,2,7-8,13H2,1H3,(H2,14,15,17). The predicted molar refractivity (Wildman–Crippen MR) is 69.1 cm³/mol. The van der Waals surface area contributed by atoms with E-state index in [9.17, 15) is 9.59 Å². The Morgan fingerprint density at radius 3 is 2.56 bits per heavy atom. The Labute approximate surface area is 105 Å². The van der Waals surface area contributed by atoms with Crippen LogP contribution in [0.4, 0.5) is 16.2 Å². The van der Waals surface area contributed by atoms with Gasteiger partial charge in [0.1, 0.15) is 0 Å². The Balaban J connectivity index is 2.25. The van der Waals surface area contributed by atoms with Crippen LogP contribution in [0.2, 0.25) is 0 Å². The van der Waals surface area contributed by atoms with Crippen LogP contribution in [-0.4, -0.2) is 25.2 Å². The molecule has 0 saturated carbocycles. The highest BCUT2D eigenvalue weighted by atomic mass is 16.5. The van der Waals surface area contributed by atoms with Gasteiger partial charge < -0.3 is 21.1 Å². The molecular weight excluding hydrogens is 234 g/mol. The number of carbonyl (C=O) groups is 2. The molecule has 1 aromatic rings. The second kappa shape index (κ2) is 7.16. The lowest BCUT2D eigenvalue weighted by atomic mass is 10.3. The molecule has 0 aliphatic heterocycles. The Bertz CT molecular complexity index is 404. The monoisotopic (exact) mass is 251 g/mol. The first-order valence-corrected chi connectivity index (χ1v) is 5.68. The van der Waals surface area contributed by atoms with Gasteiger partial charge in [0.15, 0.2) is 0 Å². The van der Waals surface area contributed by atoms with E-state index in [0.29, 0.717) is 18.0 Å². The lowest BCUT2D eigenvalue weighted by molar-refractivity contribution is -0.142. The van der Waals surface area contributed by atoms with Crippen molar-refractivity contribution in [1.29, 1.82) is 0 Å². The predicted octanol–water partition coefficient (Wildman–Crippen LogP) is 1.34. The number of carbonyl (C=O) groups excluding carboxylic acids is 2. The van der Waals surface area contributed by atoms with Gasteiger partial charge in [-0.15, -0.1) is 0 Å². The molecule has 0 bridgehead atoms. The van der Waals surface area contributed by atoms with Crippen LogP contribution in [0.5, 0.6) is 0 Å². The smallest absolute Gasteiger partial charge is 0.319 e. The number of amides is 2. The van der Waals surface area contributed by atoms with E-state index in [1.54, 1.807) is 31.2 Å². The fourth-order valence-corrected chi connectivity index (χ4v) is 1.25. The number of anilines is 2. The molecule has 98 valence electrons. The summed E-state index contributed by atoms with van der Waals surface area (Å²) in [5.74, 6) is -0.328. The minimum absolute atomic E-state index is 0.156. The SMILES string of the molecule is CCOC(=O)CCNC(=O)Nc1ccc(N)cc1. The van der Waals surface area contributed by atoms with Gasteiger partial charge in [0.05, 0.1) is 13.0 Å². The van der Waals surface area contributed by atoms with Crippen LogP contribution in [0, 0.1) is 0 Å². The summed E-state index contributed by atoms with van der Waals surface area (Å²) >= 11 is 0. The third-order valence-corrected chi connectivity index (χ3v) is 2.09. The zero-order chi connectivity index (χ0) is 13.4. The Morgan fingerprint density at radius 1 is 1.28 bits per heavy atom. The molecule has 0 aromatic heterocycles. The van der Waals surface area contributed by atoms with Crippen molar-refractivity contribution in [3.63, 3.8) is 0 Å². The van der Waals surface area contributed by atoms with E-state index >= 15 is 0 Å². The summed E-state index contributed by atoms with van der Waals surface area (Å²) in [5, 5.41) is 5.17. The fraction of sp³-hybridized carbons (Fsp3) is 0.333. The van der Waals surface area contributed by atoms with Crippen LogP contribution in [0.3, 0.4) is 0 Å². The maximum absolute atomic E-state index is 11.4. The van der Waals surface area contributed by atoms with Gasteiger partial charge >= 0.3 is 12.0 Å². The van der Waals surface area contributed by atoms with Gasteiger partial charge in [-0.3, -0.25) is 4.79 Å². The van der Waals surface area contributed by atoms with Gasteiger partial charge in [0.25, 0.3) is 0 Å². The number of urea groups is 1. The van der Waals surface area contributed by atoms with Crippen LogP contribution in [-0.2, 0) is 9.53 Å². The summed E-state index contributed by atoms with van der Waals surface area (Å²) in [4.78, 5) is 22.4. The highest BCUT2D eigenvalue weighted by molar-refractivity contribution is 5.89. The van der Waals surface area contributed by atoms with Gasteiger partial charge in [0.2, 0.25) is 0 Å². The summed E-state index contributed by atoms with van der Waals surface area (Å²) in [6.45, 7) is 2.31. The molecule has 0 heterocycles. The van der Waals surface area contributed by atoms with E-state index in [0.717, 1.165) is 0 Å². The van der Waals surface area contributed by atoms with Gasteiger partial charge in [-0.05, 0) is 31.2 Å². The normalized spacial score (nSPS) is 9.61. The number of nitrogens with one attached hydrogen (secondary N) is 2. The van der Waals surface area contributed by atoms with E-state index in [1.165, 1.54) is 0 Å². The molecular formula is C12H17N3O3. The van der Waals surface area contributed by atoms with Gasteiger partial charge in [-0.1, -0.05) is 0 Å². The summed E-state index contributed by atoms with van der Waals surface area (Å²) in [5.41, 5.74) is 6.78. The van der Waals surface area contributed by atoms with Gasteiger partial charge in [-0.25, -0.2) is 4.79 Å². The number of rotatable bonds is 5. The molecule has 0 aliphatic rings. The lowest BCUT2D eigenvalue weighted by Gasteiger charge is -2.07. The zero-order valence-electron chi connectivity index (χ0n) is 10.2. The summed E-state index contributed by atoms with van der Waals surface area (Å²) < 4.78 is 4.73. The first kappa shape index (κ1) is 13.8. The third-order valence-electron chi connectivity index (χ3n) is 2.09. The Kier molecular flexibility index (Phi) is 5.50. The first-order valence-electron chi connectivity index (χ1n) is 5.68. The molecule has 6 heteroatoms. The number of nitrogen functional groups attached to an aromatic ring is 1. The molecule has 18 heavy (non-hydrogen) atoms. The van der Waals surface area contributed by atoms with E-state index in [2.05, 4.69) is 10.6 Å². The molecule has 4 N–H and O–H groups in total. The van der Waals surface area contributed by atoms with Crippen molar-refractivity contribution in [2.75, 3.05) is 24.2 Å². The fourth-order valence-electron chi connectivity index (χ4n) is 1.25. The number of hydrogen-bond donors (Lipinski definition) is 3. The van der Waals surface area contributed by atoms with Crippen molar-refractivity contribution in [3.8, 4) is 0 Å². The maximum atomic E-state index is 11.4. The molecule has 0 atom stereocenters. The van der Waals surface area contributed by atoms with Gasteiger partial charge in [0, 0.05) is 17.9 Å². The summed E-state index contributed by atoms with van der Waals surface area (Å²) in [6, 6.07) is 6.40. The van der Waals surface area contributed by atoms with Crippen molar-refractivity contribution in [2.24, 2.45) is 0 Å². The lowest BCUT2D eigenvalue weighted by Crippen LogP contribution is -2.30. The van der Waals surface area contributed by atoms with Crippen molar-refractivity contribution in [1.82, 2.24) is 5.32 Å². The molecule has 1 aromatic carbocycles. The van der Waals surface area contributed by atoms with Crippen molar-refractivity contribution < 1.29 is 14.3 Å². The minimum Gasteiger partial charge on any atom is -0.466 e. The van der Waals surface area contributed by atoms with E-state index in [-0.39, 0.29) is 25.0 Å². The number of hydrogen-bond acceptors (Lipinski definition) is 4. The highest BCUT2D eigenvalue weighted by Crippen LogP contribution is 2.09. The Hall–Kier alpha value is -2.24. The molecule has 0 aliphatic carbocycles. The zero-order valence-corrected chi connectivity index (χ0v) is 10.2. The van der Waals surface area contributed by atoms with Crippen molar-refractivity contribution in [3.05, 3.63) is 24.3 Å². The van der Waals surface area contributed by atoms with Crippen LogP contribution in [0.15, 0.2) is 24.3 Å². The quantitative estimate of drug-likeness (QED) is 0.544. The topological polar surface area (TPSA) is 93.4 Å². The molecule has 6 nitrogen and oxygen atoms in total. The maximum Gasteiger partial charge on any atom is 0.319 e. The van der Waals surface area contributed by atoms with Crippen LogP contribution in [0.1, 0.15) is 13.3 Å². The van der Waals surface area contributed by atoms with Crippen molar-refractivity contribution >= 4 is 23.4 Å². The molecule has 0 radical (unpaired) electrons. The molecule has 1 rings (SSSR count). The largest absolute Gasteiger partial charge is 0.466 e.